The summed E-state index contributed by atoms with van der Waals surface area (Å²) in [6, 6.07) is 9.32. The molecule has 0 bridgehead atoms. The number of hydrogen-bond donors (Lipinski definition) is 1. The van der Waals surface area contributed by atoms with Gasteiger partial charge in [-0.2, -0.15) is 4.98 Å². The van der Waals surface area contributed by atoms with Crippen LogP contribution in [0.3, 0.4) is 0 Å². The van der Waals surface area contributed by atoms with Crippen LogP contribution in [0.5, 0.6) is 11.5 Å². The van der Waals surface area contributed by atoms with Crippen LogP contribution in [-0.4, -0.2) is 67.2 Å². The summed E-state index contributed by atoms with van der Waals surface area (Å²) in [5, 5.41) is 3.25. The van der Waals surface area contributed by atoms with Gasteiger partial charge in [-0.05, 0) is 30.3 Å². The number of amides is 1. The third kappa shape index (κ3) is 5.22. The lowest BCUT2D eigenvalue weighted by Gasteiger charge is -2.34. The number of carbonyl (C=O) groups is 1. The maximum absolute atomic E-state index is 11.4. The summed E-state index contributed by atoms with van der Waals surface area (Å²) in [6.07, 6.45) is 1.74. The van der Waals surface area contributed by atoms with Gasteiger partial charge in [0.2, 0.25) is 11.9 Å². The molecule has 0 radical (unpaired) electrons. The smallest absolute Gasteiger partial charge is 0.227 e. The van der Waals surface area contributed by atoms with E-state index in [1.54, 1.807) is 20.2 Å². The Balaban J connectivity index is 1.45. The average Bonchev–Trinajstić information content (AvgIpc) is 2.72. The summed E-state index contributed by atoms with van der Waals surface area (Å²) in [6.45, 7) is 5.62. The van der Waals surface area contributed by atoms with Crippen molar-refractivity contribution in [3.8, 4) is 11.5 Å². The van der Waals surface area contributed by atoms with Crippen molar-refractivity contribution in [3.05, 3.63) is 36.5 Å². The highest BCUT2D eigenvalue weighted by Gasteiger charge is 2.20. The molecule has 1 aromatic carbocycles. The van der Waals surface area contributed by atoms with Crippen LogP contribution in [0.25, 0.3) is 0 Å². The van der Waals surface area contributed by atoms with Gasteiger partial charge in [0, 0.05) is 39.3 Å². The zero-order valence-corrected chi connectivity index (χ0v) is 15.7. The molecule has 1 aliphatic rings. The highest BCUT2D eigenvalue weighted by Crippen LogP contribution is 2.17. The Bertz CT molecular complexity index is 745. The molecular formula is C19H25N5O3. The Kier molecular flexibility index (Phi) is 6.30. The van der Waals surface area contributed by atoms with E-state index in [-0.39, 0.29) is 5.91 Å². The fraction of sp³-hybridized carbons (Fsp3) is 0.421. The second-order valence-electron chi connectivity index (χ2n) is 6.19. The summed E-state index contributed by atoms with van der Waals surface area (Å²) in [5.41, 5.74) is 0. The molecule has 144 valence electrons. The zero-order chi connectivity index (χ0) is 19.1. The second-order valence-corrected chi connectivity index (χ2v) is 6.19. The van der Waals surface area contributed by atoms with E-state index in [0.717, 1.165) is 30.4 Å². The van der Waals surface area contributed by atoms with Crippen molar-refractivity contribution >= 4 is 17.7 Å². The maximum atomic E-state index is 11.4. The quantitative estimate of drug-likeness (QED) is 0.741. The number of aromatic nitrogens is 2. The molecule has 1 fully saturated rings. The van der Waals surface area contributed by atoms with Crippen molar-refractivity contribution in [1.82, 2.24) is 14.9 Å². The van der Waals surface area contributed by atoms with Gasteiger partial charge in [0.15, 0.2) is 0 Å². The number of rotatable bonds is 7. The van der Waals surface area contributed by atoms with Gasteiger partial charge in [-0.3, -0.25) is 4.79 Å². The molecule has 27 heavy (non-hydrogen) atoms. The maximum Gasteiger partial charge on any atom is 0.227 e. The van der Waals surface area contributed by atoms with Gasteiger partial charge >= 0.3 is 0 Å². The Morgan fingerprint density at radius 2 is 1.81 bits per heavy atom. The first-order valence-corrected chi connectivity index (χ1v) is 9.00. The van der Waals surface area contributed by atoms with Crippen molar-refractivity contribution in [2.24, 2.45) is 0 Å². The molecule has 1 aromatic heterocycles. The molecule has 0 unspecified atom stereocenters. The zero-order valence-electron chi connectivity index (χ0n) is 15.7. The molecule has 1 aliphatic heterocycles. The molecule has 8 heteroatoms. The molecule has 1 N–H and O–H groups in total. The fourth-order valence-corrected chi connectivity index (χ4v) is 2.84. The molecule has 1 saturated heterocycles. The van der Waals surface area contributed by atoms with Crippen molar-refractivity contribution in [2.45, 2.75) is 6.92 Å². The standard InChI is InChI=1S/C19H25N5O3/c1-15(25)23-10-12-24(13-11-23)19-21-8-7-18(22-19)20-9-14-27-17-5-3-16(26-2)4-6-17/h3-8H,9-14H2,1-2H3,(H,20,21,22). The number of ether oxygens (including phenoxy) is 2. The summed E-state index contributed by atoms with van der Waals surface area (Å²) >= 11 is 0. The number of piperazine rings is 1. The lowest BCUT2D eigenvalue weighted by molar-refractivity contribution is -0.129. The van der Waals surface area contributed by atoms with Gasteiger partial charge in [-0.15, -0.1) is 0 Å². The third-order valence-corrected chi connectivity index (χ3v) is 4.39. The molecule has 2 heterocycles. The van der Waals surface area contributed by atoms with E-state index >= 15 is 0 Å². The first-order chi connectivity index (χ1) is 13.2. The average molecular weight is 371 g/mol. The van der Waals surface area contributed by atoms with Crippen molar-refractivity contribution in [2.75, 3.05) is 56.7 Å². The van der Waals surface area contributed by atoms with E-state index in [0.29, 0.717) is 32.2 Å². The highest BCUT2D eigenvalue weighted by molar-refractivity contribution is 5.73. The first kappa shape index (κ1) is 18.8. The van der Waals surface area contributed by atoms with E-state index in [4.69, 9.17) is 9.47 Å². The van der Waals surface area contributed by atoms with E-state index < -0.39 is 0 Å². The summed E-state index contributed by atoms with van der Waals surface area (Å²) in [4.78, 5) is 24.3. The minimum absolute atomic E-state index is 0.114. The number of nitrogens with zero attached hydrogens (tertiary/aromatic N) is 4. The number of nitrogens with one attached hydrogen (secondary N) is 1. The van der Waals surface area contributed by atoms with Gasteiger partial charge in [-0.1, -0.05) is 0 Å². The lowest BCUT2D eigenvalue weighted by atomic mass is 10.3. The Morgan fingerprint density at radius 3 is 2.48 bits per heavy atom. The van der Waals surface area contributed by atoms with Gasteiger partial charge in [0.1, 0.15) is 23.9 Å². The Morgan fingerprint density at radius 1 is 1.11 bits per heavy atom. The van der Waals surface area contributed by atoms with E-state index in [9.17, 15) is 4.79 Å². The number of hydrogen-bond acceptors (Lipinski definition) is 7. The van der Waals surface area contributed by atoms with Crippen molar-refractivity contribution in [3.63, 3.8) is 0 Å². The Labute approximate surface area is 159 Å². The number of benzene rings is 1. The first-order valence-electron chi connectivity index (χ1n) is 9.00. The summed E-state index contributed by atoms with van der Waals surface area (Å²) in [5.74, 6) is 3.15. The number of methoxy groups -OCH3 is 1. The van der Waals surface area contributed by atoms with Gasteiger partial charge in [0.05, 0.1) is 13.7 Å². The van der Waals surface area contributed by atoms with Gasteiger partial charge in [-0.25, -0.2) is 4.98 Å². The molecule has 0 spiro atoms. The normalized spacial score (nSPS) is 14.0. The van der Waals surface area contributed by atoms with E-state index in [2.05, 4.69) is 20.2 Å². The van der Waals surface area contributed by atoms with Crippen LogP contribution in [0.15, 0.2) is 36.5 Å². The molecule has 8 nitrogen and oxygen atoms in total. The van der Waals surface area contributed by atoms with Crippen LogP contribution in [0.2, 0.25) is 0 Å². The monoisotopic (exact) mass is 371 g/mol. The Hall–Kier alpha value is -3.03. The predicted octanol–water partition coefficient (Wildman–Crippen LogP) is 1.64. The van der Waals surface area contributed by atoms with Crippen LogP contribution in [0.1, 0.15) is 6.92 Å². The van der Waals surface area contributed by atoms with E-state index in [1.165, 1.54) is 0 Å². The molecule has 1 amide bonds. The SMILES string of the molecule is COc1ccc(OCCNc2ccnc(N3CCN(C(C)=O)CC3)n2)cc1. The molecule has 2 aromatic rings. The number of carbonyl (C=O) groups excluding carboxylic acids is 1. The predicted molar refractivity (Wildman–Crippen MR) is 103 cm³/mol. The van der Waals surface area contributed by atoms with Gasteiger partial charge < -0.3 is 24.6 Å². The highest BCUT2D eigenvalue weighted by atomic mass is 16.5. The number of anilines is 2. The van der Waals surface area contributed by atoms with E-state index in [1.807, 2.05) is 35.2 Å². The van der Waals surface area contributed by atoms with Crippen molar-refractivity contribution in [1.29, 1.82) is 0 Å². The molecular weight excluding hydrogens is 346 g/mol. The van der Waals surface area contributed by atoms with Crippen molar-refractivity contribution < 1.29 is 14.3 Å². The molecule has 3 rings (SSSR count). The minimum atomic E-state index is 0.114. The van der Waals surface area contributed by atoms with Crippen LogP contribution >= 0.6 is 0 Å². The lowest BCUT2D eigenvalue weighted by Crippen LogP contribution is -2.48. The molecule has 0 atom stereocenters. The molecule has 0 aliphatic carbocycles. The largest absolute Gasteiger partial charge is 0.497 e. The topological polar surface area (TPSA) is 79.8 Å². The van der Waals surface area contributed by atoms with Crippen LogP contribution in [0, 0.1) is 0 Å². The molecule has 0 saturated carbocycles. The van der Waals surface area contributed by atoms with Crippen LogP contribution in [0.4, 0.5) is 11.8 Å². The third-order valence-electron chi connectivity index (χ3n) is 4.39. The van der Waals surface area contributed by atoms with Crippen LogP contribution < -0.4 is 19.7 Å². The van der Waals surface area contributed by atoms with Gasteiger partial charge in [0.25, 0.3) is 0 Å². The summed E-state index contributed by atoms with van der Waals surface area (Å²) in [7, 11) is 1.64. The second kappa shape index (κ2) is 9.07. The fourth-order valence-electron chi connectivity index (χ4n) is 2.84. The van der Waals surface area contributed by atoms with Crippen LogP contribution in [-0.2, 0) is 4.79 Å². The summed E-state index contributed by atoms with van der Waals surface area (Å²) < 4.78 is 10.8. The minimum Gasteiger partial charge on any atom is -0.497 e.